The first kappa shape index (κ1) is 14.9. The van der Waals surface area contributed by atoms with Gasteiger partial charge in [0.25, 0.3) is 0 Å². The molecule has 1 radical (unpaired) electrons. The molecule has 0 fully saturated rings. The molecular formula is C10H21Nd. The normalized spacial score (nSPS) is 9.27. The molecule has 65 valence electrons. The Labute approximate surface area is 105 Å². The Bertz CT molecular complexity index is 44.8. The summed E-state index contributed by atoms with van der Waals surface area (Å²) < 4.78 is 0. The smallest absolute Gasteiger partial charge is 0 e. The van der Waals surface area contributed by atoms with E-state index in [1.54, 1.807) is 0 Å². The van der Waals surface area contributed by atoms with Crippen molar-refractivity contribution in [3.05, 3.63) is 6.92 Å². The Balaban J connectivity index is 0. The van der Waals surface area contributed by atoms with Gasteiger partial charge in [-0.3, -0.25) is 0 Å². The molecule has 0 rings (SSSR count). The first-order chi connectivity index (χ1) is 4.91. The SMILES string of the molecule is [CH2]CCCCCCCCC.[Nd]. The molecule has 0 atom stereocenters. The van der Waals surface area contributed by atoms with Crippen LogP contribution in [0.15, 0.2) is 0 Å². The van der Waals surface area contributed by atoms with Crippen LogP contribution in [0.1, 0.15) is 58.3 Å². The molecule has 0 heterocycles. The van der Waals surface area contributed by atoms with Crippen LogP contribution in [0.4, 0.5) is 0 Å². The quantitative estimate of drug-likeness (QED) is 0.621. The van der Waals surface area contributed by atoms with Crippen molar-refractivity contribution < 1.29 is 40.8 Å². The van der Waals surface area contributed by atoms with E-state index in [1.165, 1.54) is 44.9 Å². The molecule has 0 amide bonds. The van der Waals surface area contributed by atoms with E-state index >= 15 is 0 Å². The van der Waals surface area contributed by atoms with Crippen molar-refractivity contribution in [1.29, 1.82) is 0 Å². The predicted octanol–water partition coefficient (Wildman–Crippen LogP) is 3.96. The van der Waals surface area contributed by atoms with Crippen LogP contribution >= 0.6 is 0 Å². The van der Waals surface area contributed by atoms with Crippen molar-refractivity contribution in [3.63, 3.8) is 0 Å². The standard InChI is InChI=1S/C10H21.Nd/c1-3-5-7-9-10-8-6-4-2;/h1,3-10H2,2H3;. The molecule has 0 aromatic rings. The number of hydrogen-bond donors (Lipinski definition) is 0. The molecule has 1 heteroatoms. The molecule has 11 heavy (non-hydrogen) atoms. The van der Waals surface area contributed by atoms with Gasteiger partial charge in [0.15, 0.2) is 0 Å². The second kappa shape index (κ2) is 13.9. The van der Waals surface area contributed by atoms with E-state index in [0.29, 0.717) is 0 Å². The summed E-state index contributed by atoms with van der Waals surface area (Å²) in [7, 11) is 0. The van der Waals surface area contributed by atoms with Gasteiger partial charge >= 0.3 is 0 Å². The molecule has 0 aliphatic carbocycles. The molecule has 0 unspecified atom stereocenters. The van der Waals surface area contributed by atoms with Crippen molar-refractivity contribution >= 4 is 0 Å². The van der Waals surface area contributed by atoms with Gasteiger partial charge < -0.3 is 0 Å². The van der Waals surface area contributed by atoms with Crippen LogP contribution in [0.2, 0.25) is 0 Å². The maximum Gasteiger partial charge on any atom is 0 e. The van der Waals surface area contributed by atoms with E-state index in [1.807, 2.05) is 0 Å². The molecule has 0 saturated heterocycles. The summed E-state index contributed by atoms with van der Waals surface area (Å²) in [5.41, 5.74) is 0. The fourth-order valence-corrected chi connectivity index (χ4v) is 1.13. The fourth-order valence-electron chi connectivity index (χ4n) is 1.13. The van der Waals surface area contributed by atoms with Crippen LogP contribution in [0.25, 0.3) is 0 Å². The predicted molar refractivity (Wildman–Crippen MR) is 48.0 cm³/mol. The van der Waals surface area contributed by atoms with Gasteiger partial charge in [-0.25, -0.2) is 0 Å². The molecule has 0 spiro atoms. The van der Waals surface area contributed by atoms with E-state index in [4.69, 9.17) is 0 Å². The van der Waals surface area contributed by atoms with E-state index in [9.17, 15) is 0 Å². The van der Waals surface area contributed by atoms with Gasteiger partial charge in [0.1, 0.15) is 0 Å². The summed E-state index contributed by atoms with van der Waals surface area (Å²) >= 11 is 0. The van der Waals surface area contributed by atoms with E-state index in [-0.39, 0.29) is 40.8 Å². The van der Waals surface area contributed by atoms with Crippen LogP contribution in [0.3, 0.4) is 0 Å². The molecule has 0 aliphatic rings. The zero-order valence-electron chi connectivity index (χ0n) is 7.86. The largest absolute Gasteiger partial charge is 0.0654 e. The minimum absolute atomic E-state index is 0. The minimum atomic E-state index is 0. The summed E-state index contributed by atoms with van der Waals surface area (Å²) in [6.07, 6.45) is 10.9. The van der Waals surface area contributed by atoms with E-state index in [2.05, 4.69) is 13.8 Å². The Hall–Kier alpha value is 1.35. The molecule has 0 aromatic heterocycles. The first-order valence-corrected chi connectivity index (χ1v) is 4.71. The monoisotopic (exact) mass is 283 g/mol. The molecule has 0 aromatic carbocycles. The molecule has 0 N–H and O–H groups in total. The second-order valence-corrected chi connectivity index (χ2v) is 2.97. The van der Waals surface area contributed by atoms with Crippen LogP contribution in [-0.4, -0.2) is 0 Å². The third-order valence-electron chi connectivity index (χ3n) is 1.85. The zero-order chi connectivity index (χ0) is 7.66. The topological polar surface area (TPSA) is 0 Å². The van der Waals surface area contributed by atoms with Crippen LogP contribution in [-0.2, 0) is 0 Å². The fraction of sp³-hybridized carbons (Fsp3) is 0.900. The Morgan fingerprint density at radius 1 is 0.818 bits per heavy atom. The molecule has 0 aliphatic heterocycles. The van der Waals surface area contributed by atoms with Crippen LogP contribution in [0, 0.1) is 47.8 Å². The van der Waals surface area contributed by atoms with Crippen molar-refractivity contribution in [2.45, 2.75) is 58.3 Å². The van der Waals surface area contributed by atoms with Gasteiger partial charge in [-0.1, -0.05) is 65.2 Å². The summed E-state index contributed by atoms with van der Waals surface area (Å²) in [5.74, 6) is 0. The van der Waals surface area contributed by atoms with Gasteiger partial charge in [0, 0.05) is 40.8 Å². The van der Waals surface area contributed by atoms with Crippen molar-refractivity contribution in [1.82, 2.24) is 0 Å². The zero-order valence-corrected chi connectivity index (χ0v) is 11.1. The minimum Gasteiger partial charge on any atom is -0.0654 e. The van der Waals surface area contributed by atoms with Gasteiger partial charge in [-0.15, -0.1) is 0 Å². The first-order valence-electron chi connectivity index (χ1n) is 4.71. The van der Waals surface area contributed by atoms with Crippen molar-refractivity contribution in [2.24, 2.45) is 0 Å². The van der Waals surface area contributed by atoms with Gasteiger partial charge in [-0.05, 0) is 0 Å². The third-order valence-corrected chi connectivity index (χ3v) is 1.85. The average Bonchev–Trinajstić information content (AvgIpc) is 1.97. The summed E-state index contributed by atoms with van der Waals surface area (Å²) in [4.78, 5) is 0. The van der Waals surface area contributed by atoms with Gasteiger partial charge in [-0.2, -0.15) is 0 Å². The van der Waals surface area contributed by atoms with Gasteiger partial charge in [0.05, 0.1) is 0 Å². The summed E-state index contributed by atoms with van der Waals surface area (Å²) in [6, 6.07) is 0. The Kier molecular flexibility index (Phi) is 18.8. The van der Waals surface area contributed by atoms with Crippen LogP contribution in [0.5, 0.6) is 0 Å². The van der Waals surface area contributed by atoms with E-state index in [0.717, 1.165) is 6.42 Å². The van der Waals surface area contributed by atoms with Crippen molar-refractivity contribution in [3.8, 4) is 0 Å². The average molecular weight is 286 g/mol. The maximum atomic E-state index is 3.82. The Morgan fingerprint density at radius 2 is 1.27 bits per heavy atom. The number of hydrogen-bond acceptors (Lipinski definition) is 0. The Morgan fingerprint density at radius 3 is 1.73 bits per heavy atom. The molecule has 0 nitrogen and oxygen atoms in total. The second-order valence-electron chi connectivity index (χ2n) is 2.97. The molecule has 0 bridgehead atoms. The van der Waals surface area contributed by atoms with E-state index < -0.39 is 0 Å². The third kappa shape index (κ3) is 14.2. The number of rotatable bonds is 7. The van der Waals surface area contributed by atoms with Crippen molar-refractivity contribution in [2.75, 3.05) is 0 Å². The maximum absolute atomic E-state index is 3.82. The van der Waals surface area contributed by atoms with Gasteiger partial charge in [0.2, 0.25) is 0 Å². The van der Waals surface area contributed by atoms with Crippen LogP contribution < -0.4 is 0 Å². The summed E-state index contributed by atoms with van der Waals surface area (Å²) in [5, 5.41) is 0. The summed E-state index contributed by atoms with van der Waals surface area (Å²) in [6.45, 7) is 6.08. The number of unbranched alkanes of at least 4 members (excludes halogenated alkanes) is 7. The molecular weight excluding hydrogens is 264 g/mol. The molecule has 0 saturated carbocycles.